The molecule has 0 unspecified atom stereocenters. The van der Waals surface area contributed by atoms with Crippen molar-refractivity contribution < 1.29 is 4.74 Å². The van der Waals surface area contributed by atoms with Crippen molar-refractivity contribution >= 4 is 0 Å². The van der Waals surface area contributed by atoms with Gasteiger partial charge in [0.15, 0.2) is 0 Å². The van der Waals surface area contributed by atoms with E-state index in [1.165, 1.54) is 0 Å². The maximum Gasteiger partial charge on any atom is 0.212 e. The van der Waals surface area contributed by atoms with E-state index in [1.54, 1.807) is 19.4 Å². The molecule has 0 aliphatic heterocycles. The van der Waals surface area contributed by atoms with Crippen molar-refractivity contribution in [2.45, 2.75) is 12.5 Å². The summed E-state index contributed by atoms with van der Waals surface area (Å²) in [5, 5.41) is 8.42. The van der Waals surface area contributed by atoms with Gasteiger partial charge in [0, 0.05) is 18.3 Å². The lowest BCUT2D eigenvalue weighted by molar-refractivity contribution is 0.397. The highest BCUT2D eigenvalue weighted by Gasteiger charge is 2.05. The second kappa shape index (κ2) is 4.43. The molecule has 1 atom stereocenters. The Morgan fingerprint density at radius 1 is 1.69 bits per heavy atom. The number of ether oxygens (including phenoxy) is 1. The minimum absolute atomic E-state index is 0.261. The fourth-order valence-electron chi connectivity index (χ4n) is 0.948. The molecule has 0 aromatic carbocycles. The predicted octanol–water partition coefficient (Wildman–Crippen LogP) is 1.00. The Kier molecular flexibility index (Phi) is 3.23. The van der Waals surface area contributed by atoms with Crippen LogP contribution in [0, 0.1) is 11.3 Å². The highest BCUT2D eigenvalue weighted by Crippen LogP contribution is 2.14. The standard InChI is InChI=1S/C9H11N3O/c1-13-9-3-2-7(6-12-9)8(11)4-5-10/h2-3,6,8H,4,11H2,1H3/t8-/m0/s1. The fourth-order valence-corrected chi connectivity index (χ4v) is 0.948. The molecule has 0 fully saturated rings. The summed E-state index contributed by atoms with van der Waals surface area (Å²) in [6.07, 6.45) is 1.93. The molecule has 2 N–H and O–H groups in total. The third-order valence-electron chi connectivity index (χ3n) is 1.71. The second-order valence-corrected chi connectivity index (χ2v) is 2.60. The molecule has 0 amide bonds. The zero-order valence-electron chi connectivity index (χ0n) is 7.40. The van der Waals surface area contributed by atoms with Gasteiger partial charge in [-0.3, -0.25) is 0 Å². The largest absolute Gasteiger partial charge is 0.481 e. The lowest BCUT2D eigenvalue weighted by Gasteiger charge is -2.07. The van der Waals surface area contributed by atoms with Crippen LogP contribution in [-0.2, 0) is 0 Å². The lowest BCUT2D eigenvalue weighted by Crippen LogP contribution is -2.09. The van der Waals surface area contributed by atoms with E-state index in [-0.39, 0.29) is 6.04 Å². The molecule has 0 bridgehead atoms. The number of rotatable bonds is 3. The maximum atomic E-state index is 8.42. The van der Waals surface area contributed by atoms with Crippen LogP contribution in [0.15, 0.2) is 18.3 Å². The first-order valence-corrected chi connectivity index (χ1v) is 3.90. The number of nitrogens with two attached hydrogens (primary N) is 1. The zero-order chi connectivity index (χ0) is 9.68. The molecule has 0 spiro atoms. The van der Waals surface area contributed by atoms with Crippen molar-refractivity contribution in [2.75, 3.05) is 7.11 Å². The number of nitrogens with zero attached hydrogens (tertiary/aromatic N) is 2. The van der Waals surface area contributed by atoms with Gasteiger partial charge in [-0.25, -0.2) is 4.98 Å². The predicted molar refractivity (Wildman–Crippen MR) is 47.9 cm³/mol. The molecule has 1 rings (SSSR count). The van der Waals surface area contributed by atoms with Crippen LogP contribution in [0.5, 0.6) is 5.88 Å². The van der Waals surface area contributed by atoms with Crippen LogP contribution in [0.2, 0.25) is 0 Å². The number of methoxy groups -OCH3 is 1. The Balaban J connectivity index is 2.74. The van der Waals surface area contributed by atoms with Crippen LogP contribution >= 0.6 is 0 Å². The first-order valence-electron chi connectivity index (χ1n) is 3.90. The molecular weight excluding hydrogens is 166 g/mol. The highest BCUT2D eigenvalue weighted by atomic mass is 16.5. The van der Waals surface area contributed by atoms with Crippen molar-refractivity contribution in [3.05, 3.63) is 23.9 Å². The Morgan fingerprint density at radius 2 is 2.46 bits per heavy atom. The van der Waals surface area contributed by atoms with E-state index in [0.717, 1.165) is 5.56 Å². The minimum atomic E-state index is -0.261. The van der Waals surface area contributed by atoms with E-state index >= 15 is 0 Å². The summed E-state index contributed by atoms with van der Waals surface area (Å²) >= 11 is 0. The highest BCUT2D eigenvalue weighted by molar-refractivity contribution is 5.21. The van der Waals surface area contributed by atoms with Crippen molar-refractivity contribution in [3.63, 3.8) is 0 Å². The molecule has 4 heteroatoms. The van der Waals surface area contributed by atoms with E-state index in [0.29, 0.717) is 12.3 Å². The lowest BCUT2D eigenvalue weighted by atomic mass is 10.1. The maximum absolute atomic E-state index is 8.42. The van der Waals surface area contributed by atoms with Gasteiger partial charge in [-0.15, -0.1) is 0 Å². The quantitative estimate of drug-likeness (QED) is 0.747. The van der Waals surface area contributed by atoms with Crippen LogP contribution in [0.1, 0.15) is 18.0 Å². The van der Waals surface area contributed by atoms with Gasteiger partial charge in [0.1, 0.15) is 0 Å². The normalized spacial score (nSPS) is 11.8. The molecule has 1 heterocycles. The Bertz CT molecular complexity index is 302. The van der Waals surface area contributed by atoms with E-state index < -0.39 is 0 Å². The van der Waals surface area contributed by atoms with Gasteiger partial charge >= 0.3 is 0 Å². The zero-order valence-corrected chi connectivity index (χ0v) is 7.40. The number of pyridine rings is 1. The van der Waals surface area contributed by atoms with Crippen molar-refractivity contribution in [2.24, 2.45) is 5.73 Å². The molecule has 0 aliphatic carbocycles. The average Bonchev–Trinajstić information content (AvgIpc) is 2.18. The summed E-state index contributed by atoms with van der Waals surface area (Å²) < 4.78 is 4.89. The SMILES string of the molecule is COc1ccc([C@@H](N)CC#N)cn1. The Labute approximate surface area is 77.0 Å². The van der Waals surface area contributed by atoms with Gasteiger partial charge < -0.3 is 10.5 Å². The van der Waals surface area contributed by atoms with Crippen LogP contribution in [0.4, 0.5) is 0 Å². The topological polar surface area (TPSA) is 71.9 Å². The molecule has 0 aliphatic rings. The van der Waals surface area contributed by atoms with Crippen LogP contribution in [-0.4, -0.2) is 12.1 Å². The summed E-state index contributed by atoms with van der Waals surface area (Å²) in [6.45, 7) is 0. The monoisotopic (exact) mass is 177 g/mol. The molecule has 0 saturated heterocycles. The van der Waals surface area contributed by atoms with Crippen LogP contribution in [0.3, 0.4) is 0 Å². The van der Waals surface area contributed by atoms with Gasteiger partial charge in [-0.05, 0) is 5.56 Å². The first-order chi connectivity index (χ1) is 6.27. The number of hydrogen-bond donors (Lipinski definition) is 1. The Hall–Kier alpha value is -1.60. The van der Waals surface area contributed by atoms with Gasteiger partial charge in [-0.2, -0.15) is 5.26 Å². The van der Waals surface area contributed by atoms with Gasteiger partial charge in [-0.1, -0.05) is 6.07 Å². The third kappa shape index (κ3) is 2.42. The van der Waals surface area contributed by atoms with Crippen molar-refractivity contribution in [1.29, 1.82) is 5.26 Å². The number of aromatic nitrogens is 1. The summed E-state index contributed by atoms with van der Waals surface area (Å²) in [5.41, 5.74) is 6.54. The van der Waals surface area contributed by atoms with E-state index in [9.17, 15) is 0 Å². The van der Waals surface area contributed by atoms with E-state index in [1.807, 2.05) is 12.1 Å². The number of nitriles is 1. The molecule has 4 nitrogen and oxygen atoms in total. The van der Waals surface area contributed by atoms with Crippen molar-refractivity contribution in [1.82, 2.24) is 4.98 Å². The molecule has 1 aromatic heterocycles. The Morgan fingerprint density at radius 3 is 2.92 bits per heavy atom. The summed E-state index contributed by atoms with van der Waals surface area (Å²) in [7, 11) is 1.55. The fraction of sp³-hybridized carbons (Fsp3) is 0.333. The summed E-state index contributed by atoms with van der Waals surface area (Å²) in [5.74, 6) is 0.549. The molecule has 0 radical (unpaired) electrons. The van der Waals surface area contributed by atoms with E-state index in [2.05, 4.69) is 4.98 Å². The first kappa shape index (κ1) is 9.49. The average molecular weight is 177 g/mol. The molecule has 68 valence electrons. The molecule has 1 aromatic rings. The smallest absolute Gasteiger partial charge is 0.212 e. The summed E-state index contributed by atoms with van der Waals surface area (Å²) in [4.78, 5) is 3.99. The van der Waals surface area contributed by atoms with Crippen LogP contribution < -0.4 is 10.5 Å². The summed E-state index contributed by atoms with van der Waals surface area (Å²) in [6, 6.07) is 5.29. The second-order valence-electron chi connectivity index (χ2n) is 2.60. The molecule has 13 heavy (non-hydrogen) atoms. The van der Waals surface area contributed by atoms with Crippen molar-refractivity contribution in [3.8, 4) is 11.9 Å². The minimum Gasteiger partial charge on any atom is -0.481 e. The number of hydrogen-bond acceptors (Lipinski definition) is 4. The molecular formula is C9H11N3O. The third-order valence-corrected chi connectivity index (χ3v) is 1.71. The van der Waals surface area contributed by atoms with Crippen LogP contribution in [0.25, 0.3) is 0 Å². The van der Waals surface area contributed by atoms with E-state index in [4.69, 9.17) is 15.7 Å². The van der Waals surface area contributed by atoms with Gasteiger partial charge in [0.25, 0.3) is 0 Å². The van der Waals surface area contributed by atoms with Gasteiger partial charge in [0.05, 0.1) is 19.6 Å². The molecule has 0 saturated carbocycles. The van der Waals surface area contributed by atoms with Gasteiger partial charge in [0.2, 0.25) is 5.88 Å².